The van der Waals surface area contributed by atoms with Crippen LogP contribution in [0.2, 0.25) is 0 Å². The average Bonchev–Trinajstić information content (AvgIpc) is 2.43. The monoisotopic (exact) mass is 101 g/mol. The Balaban J connectivity index is 0.000000291. The molecule has 0 radical (unpaired) electrons. The first-order valence-electron chi connectivity index (χ1n) is 3.46. The van der Waals surface area contributed by atoms with Gasteiger partial charge in [-0.2, -0.15) is 0 Å². The Morgan fingerprint density at radius 1 is 2.14 bits per heavy atom. The Hall–Kier alpha value is -0.720. The molecule has 0 unspecified atom stereocenters. The fourth-order valence-corrected chi connectivity index (χ4v) is 0.514. The van der Waals surface area contributed by atoms with Gasteiger partial charge in [-0.1, -0.05) is 6.92 Å². The van der Waals surface area contributed by atoms with E-state index in [1.54, 1.807) is 6.26 Å². The Morgan fingerprint density at radius 3 is 3.29 bits per heavy atom. The van der Waals surface area contributed by atoms with E-state index in [1.807, 2.05) is 12.1 Å². The Kier molecular flexibility index (Phi) is 0.861. The van der Waals surface area contributed by atoms with Crippen molar-refractivity contribution in [3.05, 3.63) is 24.2 Å². The molecular weight excluding hydrogens is 88.1 g/mol. The van der Waals surface area contributed by atoms with Crippen LogP contribution in [-0.4, -0.2) is 0 Å². The molecule has 0 fully saturated rings. The van der Waals surface area contributed by atoms with E-state index in [0.717, 1.165) is 12.2 Å². The summed E-state index contributed by atoms with van der Waals surface area (Å²) in [4.78, 5) is 0. The highest BCUT2D eigenvalue weighted by Crippen LogP contribution is 1.98. The van der Waals surface area contributed by atoms with Crippen LogP contribution in [0.3, 0.4) is 0 Å². The van der Waals surface area contributed by atoms with Gasteiger partial charge in [-0.25, -0.2) is 0 Å². The highest BCUT2D eigenvalue weighted by atomic mass is 16.3. The van der Waals surface area contributed by atoms with Crippen LogP contribution in [0.25, 0.3) is 0 Å². The largest absolute Gasteiger partial charge is 0.469 e. The first kappa shape index (κ1) is 3.30. The molecule has 40 valence electrons. The summed E-state index contributed by atoms with van der Waals surface area (Å²) in [7, 11) is 0. The van der Waals surface area contributed by atoms with E-state index in [9.17, 15) is 0 Å². The summed E-state index contributed by atoms with van der Waals surface area (Å²) in [5.41, 5.74) is 0. The number of hydrogen-bond donors (Lipinski definition) is 0. The third-order valence-corrected chi connectivity index (χ3v) is 0.929. The molecule has 0 aliphatic heterocycles. The molecule has 0 aliphatic rings. The second-order valence-corrected chi connectivity index (χ2v) is 1.43. The van der Waals surface area contributed by atoms with Gasteiger partial charge in [-0.05, 0) is 12.1 Å². The number of hydrogen-bond acceptors (Lipinski definition) is 1. The molecule has 1 rings (SSSR count). The Bertz CT molecular complexity index is 126. The molecule has 1 aromatic heterocycles. The first-order chi connectivity index (χ1) is 4.43. The smallest absolute Gasteiger partial charge is 0.103 e. The van der Waals surface area contributed by atoms with Crippen LogP contribution in [0.1, 0.15) is 15.7 Å². The standard InChI is InChI=1S/C6H8O.H2/c1-2-6-4-3-5-7-6;/h3-5H,2H2,1H3;1H/i;1+2D. The van der Waals surface area contributed by atoms with Crippen molar-refractivity contribution in [2.45, 2.75) is 13.3 Å². The number of furan rings is 1. The van der Waals surface area contributed by atoms with Crippen LogP contribution in [0.5, 0.6) is 0 Å². The third-order valence-electron chi connectivity index (χ3n) is 0.929. The van der Waals surface area contributed by atoms with Gasteiger partial charge in [0, 0.05) is 9.39 Å². The summed E-state index contributed by atoms with van der Waals surface area (Å²) >= 11 is 0. The van der Waals surface area contributed by atoms with Crippen LogP contribution in [0, 0.1) is 0 Å². The molecule has 0 spiro atoms. The quantitative estimate of drug-likeness (QED) is 0.528. The summed E-state index contributed by atoms with van der Waals surface area (Å²) in [6, 6.07) is 3.87. The second-order valence-electron chi connectivity index (χ2n) is 1.43. The predicted molar refractivity (Wildman–Crippen MR) is 30.2 cm³/mol. The van der Waals surface area contributed by atoms with Gasteiger partial charge in [-0.15, -0.1) is 0 Å². The lowest BCUT2D eigenvalue weighted by molar-refractivity contribution is 0.516. The third kappa shape index (κ3) is 0.829. The van der Waals surface area contributed by atoms with Crippen molar-refractivity contribution in [3.8, 4) is 0 Å². The van der Waals surface area contributed by atoms with Gasteiger partial charge >= 0.3 is 0 Å². The van der Waals surface area contributed by atoms with Gasteiger partial charge in [0.25, 0.3) is 0 Å². The molecule has 0 saturated heterocycles. The van der Waals surface area contributed by atoms with Crippen molar-refractivity contribution in [2.75, 3.05) is 0 Å². The first-order valence-corrected chi connectivity index (χ1v) is 2.46. The van der Waals surface area contributed by atoms with Gasteiger partial charge in [0.1, 0.15) is 5.76 Å². The molecule has 1 heteroatoms. The minimum Gasteiger partial charge on any atom is -0.469 e. The van der Waals surface area contributed by atoms with Crippen molar-refractivity contribution in [3.63, 3.8) is 0 Å². The molecule has 1 nitrogen and oxygen atoms in total. The van der Waals surface area contributed by atoms with Gasteiger partial charge in [0.15, 0.2) is 0 Å². The van der Waals surface area contributed by atoms with Gasteiger partial charge < -0.3 is 4.42 Å². The van der Waals surface area contributed by atoms with Gasteiger partial charge in [0.2, 0.25) is 0 Å². The summed E-state index contributed by atoms with van der Waals surface area (Å²) in [6.07, 6.45) is 2.69. The summed E-state index contributed by atoms with van der Waals surface area (Å²) in [6.45, 7) is 2.07. The van der Waals surface area contributed by atoms with E-state index >= 15 is 0 Å². The number of aryl methyl sites for hydroxylation is 1. The van der Waals surface area contributed by atoms with Crippen LogP contribution in [0.4, 0.5) is 0 Å². The van der Waals surface area contributed by atoms with Crippen molar-refractivity contribution >= 4 is 0 Å². The van der Waals surface area contributed by atoms with Crippen molar-refractivity contribution in [1.82, 2.24) is 0 Å². The number of rotatable bonds is 1. The van der Waals surface area contributed by atoms with E-state index in [1.165, 1.54) is 0 Å². The maximum Gasteiger partial charge on any atom is 0.103 e. The van der Waals surface area contributed by atoms with E-state index in [0.29, 0.717) is 0 Å². The zero-order valence-electron chi connectivity index (χ0n) is 6.35. The van der Waals surface area contributed by atoms with Crippen molar-refractivity contribution in [2.24, 2.45) is 0 Å². The summed E-state index contributed by atoms with van der Waals surface area (Å²) in [5.74, 6) is 1.06. The summed E-state index contributed by atoms with van der Waals surface area (Å²) < 4.78 is 15.0. The average molecular weight is 101 g/mol. The molecule has 0 saturated carbocycles. The minimum atomic E-state index is 0.993. The van der Waals surface area contributed by atoms with Gasteiger partial charge in [-0.3, -0.25) is 0 Å². The fourth-order valence-electron chi connectivity index (χ4n) is 0.514. The molecule has 0 aromatic carbocycles. The lowest BCUT2D eigenvalue weighted by atomic mass is 10.4. The molecule has 0 aliphatic carbocycles. The van der Waals surface area contributed by atoms with E-state index in [4.69, 9.17) is 7.39 Å². The minimum absolute atomic E-state index is 0.993. The zero-order valence-corrected chi connectivity index (χ0v) is 4.35. The fraction of sp³-hybridized carbons (Fsp3) is 0.333. The second kappa shape index (κ2) is 1.82. The van der Waals surface area contributed by atoms with Crippen LogP contribution in [0.15, 0.2) is 22.8 Å². The maximum absolute atomic E-state index is 5.00. The van der Waals surface area contributed by atoms with E-state index < -0.39 is 0 Å². The highest BCUT2D eigenvalue weighted by Gasteiger charge is 1.84. The van der Waals surface area contributed by atoms with E-state index in [-0.39, 0.29) is 0 Å². The molecule has 1 heterocycles. The zero-order chi connectivity index (χ0) is 7.11. The highest BCUT2D eigenvalue weighted by molar-refractivity contribution is 4.96. The van der Waals surface area contributed by atoms with Gasteiger partial charge in [0.05, 0.1) is 6.26 Å². The van der Waals surface area contributed by atoms with Crippen molar-refractivity contribution in [1.29, 1.82) is 0 Å². The lowest BCUT2D eigenvalue weighted by Gasteiger charge is -1.79. The molecule has 1 aromatic rings. The topological polar surface area (TPSA) is 13.1 Å². The predicted octanol–water partition coefficient (Wildman–Crippen LogP) is 2.09. The SMILES string of the molecule is CCc1ccco1.[2H][3H]. The lowest BCUT2D eigenvalue weighted by Crippen LogP contribution is -1.66. The van der Waals surface area contributed by atoms with Crippen LogP contribution >= 0.6 is 0 Å². The van der Waals surface area contributed by atoms with Crippen LogP contribution < -0.4 is 0 Å². The molecule has 0 bridgehead atoms. The Morgan fingerprint density at radius 2 is 3.00 bits per heavy atom. The normalized spacial score (nSPS) is 10.4. The van der Waals surface area contributed by atoms with Crippen molar-refractivity contribution < 1.29 is 7.39 Å². The molecule has 0 amide bonds. The molecular formula is C6H10O. The van der Waals surface area contributed by atoms with E-state index in [2.05, 4.69) is 6.92 Å². The maximum atomic E-state index is 5.00. The molecule has 0 atom stereocenters. The molecule has 0 N–H and O–H groups in total. The Labute approximate surface area is 46.0 Å². The van der Waals surface area contributed by atoms with Crippen LogP contribution in [-0.2, 0) is 6.42 Å². The summed E-state index contributed by atoms with van der Waals surface area (Å²) in [5, 5.41) is 0. The molecule has 7 heavy (non-hydrogen) atoms.